The first-order chi connectivity index (χ1) is 31.8. The Hall–Kier alpha value is -6.82. The van der Waals surface area contributed by atoms with Crippen LogP contribution in [0.5, 0.6) is 0 Å². The van der Waals surface area contributed by atoms with Crippen LogP contribution >= 0.6 is 0 Å². The van der Waals surface area contributed by atoms with E-state index in [0.717, 1.165) is 33.8 Å². The molecule has 3 amide bonds. The van der Waals surface area contributed by atoms with E-state index >= 15 is 0 Å². The van der Waals surface area contributed by atoms with E-state index < -0.39 is 82.4 Å². The number of amides is 3. The number of sulfone groups is 3. The molecule has 5 aliphatic rings. The molecule has 5 aliphatic heterocycles. The average molecular weight is 1030 g/mol. The van der Waals surface area contributed by atoms with Gasteiger partial charge in [-0.15, -0.1) is 10.5 Å². The lowest BCUT2D eigenvalue weighted by Gasteiger charge is -2.30. The second-order valence-corrected chi connectivity index (χ2v) is 22.6. The number of carboxylic acid groups (broad SMARTS) is 1. The van der Waals surface area contributed by atoms with Crippen molar-refractivity contribution in [2.24, 2.45) is 15.3 Å². The monoisotopic (exact) mass is 1030 g/mol. The summed E-state index contributed by atoms with van der Waals surface area (Å²) >= 11 is 0. The van der Waals surface area contributed by atoms with Gasteiger partial charge in [-0.3, -0.25) is 19.2 Å². The van der Waals surface area contributed by atoms with E-state index in [-0.39, 0.29) is 46.8 Å². The van der Waals surface area contributed by atoms with Gasteiger partial charge >= 0.3 is 17.9 Å². The standard InChI is InChI=1S/C14H17N3O6S.C14H15N3O5S.C13H13N3O5S.CH4/c1-14(16(2)21)12(15-17(13(14)20)8-11(18)19)9-4-6-10(7-5-9)24(3,22)23;1-14-12(9-4-6-10(7-5-9)23(3,20)21)15-17(13(14)19)8-11(18)22-16(14)2;1-13-11(8-3-5-9(6-4-8)22(2,19)20)14-16(12(13)18)7-10(17)21-15-13;/h4-7,21H,8H2,1-3H3,(H,18,19);4-7H,8H2,1-3H3;3-6,15H,7H2,1-2H3;1H4. The van der Waals surface area contributed by atoms with Gasteiger partial charge in [0.1, 0.15) is 36.8 Å². The molecule has 2 fully saturated rings. The first kappa shape index (κ1) is 54.1. The molecule has 2 saturated heterocycles. The van der Waals surface area contributed by atoms with Gasteiger partial charge in [-0.1, -0.05) is 43.8 Å². The molecule has 3 unspecified atom stereocenters. The molecule has 0 saturated carbocycles. The summed E-state index contributed by atoms with van der Waals surface area (Å²) in [5, 5.41) is 35.9. The van der Waals surface area contributed by atoms with Gasteiger partial charge in [0.2, 0.25) is 0 Å². The number of rotatable bonds is 9. The maximum Gasteiger partial charge on any atom is 0.346 e. The molecule has 25 nitrogen and oxygen atoms in total. The summed E-state index contributed by atoms with van der Waals surface area (Å²) in [4.78, 5) is 81.5. The van der Waals surface area contributed by atoms with Crippen molar-refractivity contribution < 1.29 is 74.0 Å². The number of benzene rings is 3. The number of hydrogen-bond donors (Lipinski definition) is 3. The molecule has 5 heterocycles. The predicted octanol–water partition coefficient (Wildman–Crippen LogP) is -0.308. The number of carbonyl (C=O) groups is 6. The molecule has 376 valence electrons. The van der Waals surface area contributed by atoms with Crippen molar-refractivity contribution in [1.29, 1.82) is 0 Å². The molecule has 28 heteroatoms. The first-order valence-corrected chi connectivity index (χ1v) is 25.7. The summed E-state index contributed by atoms with van der Waals surface area (Å²) in [6.07, 6.45) is 3.30. The van der Waals surface area contributed by atoms with Gasteiger partial charge in [0.15, 0.2) is 46.1 Å². The molecule has 0 spiro atoms. The van der Waals surface area contributed by atoms with Crippen LogP contribution in [0.15, 0.2) is 103 Å². The minimum Gasteiger partial charge on any atom is -0.480 e. The van der Waals surface area contributed by atoms with E-state index in [1.807, 2.05) is 0 Å². The van der Waals surface area contributed by atoms with Crippen molar-refractivity contribution in [2.45, 2.75) is 59.5 Å². The molecule has 0 radical (unpaired) electrons. The Bertz CT molecular complexity index is 3110. The van der Waals surface area contributed by atoms with Crippen molar-refractivity contribution in [3.63, 3.8) is 0 Å². The number of aliphatic carboxylic acids is 1. The van der Waals surface area contributed by atoms with Gasteiger partial charge < -0.3 is 20.0 Å². The highest BCUT2D eigenvalue weighted by atomic mass is 32.2. The van der Waals surface area contributed by atoms with Gasteiger partial charge in [-0.2, -0.15) is 20.4 Å². The van der Waals surface area contributed by atoms with Gasteiger partial charge in [0.05, 0.1) is 14.7 Å². The van der Waals surface area contributed by atoms with E-state index in [1.54, 1.807) is 38.1 Å². The normalized spacial score (nSPS) is 23.4. The molecule has 0 aromatic heterocycles. The number of carbonyl (C=O) groups excluding carboxylic acids is 5. The number of fused-ring (bicyclic) bond motifs is 4. The van der Waals surface area contributed by atoms with Crippen molar-refractivity contribution in [1.82, 2.24) is 30.6 Å². The molecule has 3 N–H and O–H groups in total. The topological polar surface area (TPSA) is 329 Å². The summed E-state index contributed by atoms with van der Waals surface area (Å²) < 4.78 is 69.1. The fraction of sp³-hybridized carbons (Fsp3) is 0.357. The molecule has 3 aromatic rings. The number of hydrazone groups is 3. The summed E-state index contributed by atoms with van der Waals surface area (Å²) in [5.41, 5.74) is 0.762. The van der Waals surface area contributed by atoms with Crippen molar-refractivity contribution >= 4 is 82.3 Å². The van der Waals surface area contributed by atoms with Crippen LogP contribution < -0.4 is 5.48 Å². The number of hydrogen-bond acceptors (Lipinski definition) is 21. The van der Waals surface area contributed by atoms with Crippen LogP contribution in [-0.4, -0.2) is 183 Å². The van der Waals surface area contributed by atoms with Crippen LogP contribution in [0.2, 0.25) is 0 Å². The highest BCUT2D eigenvalue weighted by Gasteiger charge is 2.56. The number of hydroxylamine groups is 5. The number of carboxylic acids is 1. The molecule has 3 atom stereocenters. The van der Waals surface area contributed by atoms with Crippen molar-refractivity contribution in [2.75, 3.05) is 52.5 Å². The Morgan fingerprint density at radius 2 is 1.06 bits per heavy atom. The lowest BCUT2D eigenvalue weighted by molar-refractivity contribution is -0.194. The highest BCUT2D eigenvalue weighted by Crippen LogP contribution is 2.33. The number of nitrogens with zero attached hydrogens (tertiary/aromatic N) is 8. The maximum atomic E-state index is 12.5. The molecular weight excluding hydrogens is 983 g/mol. The zero-order chi connectivity index (χ0) is 51.4. The van der Waals surface area contributed by atoms with Gasteiger partial charge in [-0.05, 0) is 57.2 Å². The summed E-state index contributed by atoms with van der Waals surface area (Å²) in [7, 11) is -7.25. The smallest absolute Gasteiger partial charge is 0.346 e. The van der Waals surface area contributed by atoms with Crippen LogP contribution in [0.1, 0.15) is 44.9 Å². The third-order valence-electron chi connectivity index (χ3n) is 11.4. The maximum absolute atomic E-state index is 12.5. The lowest BCUT2D eigenvalue weighted by Crippen LogP contribution is -2.55. The average Bonchev–Trinajstić information content (AvgIpc) is 3.72. The minimum atomic E-state index is -3.38. The Morgan fingerprint density at radius 3 is 1.49 bits per heavy atom. The van der Waals surface area contributed by atoms with Crippen LogP contribution in [0.25, 0.3) is 0 Å². The van der Waals surface area contributed by atoms with Crippen LogP contribution in [0.4, 0.5) is 0 Å². The SMILES string of the molecule is C.CC12NOC(=O)CN(N=C1c1ccc(S(C)(=O)=O)cc1)C2=O.CN(O)C1(C)C(=O)N(CC(=O)O)N=C1c1ccc(S(C)(=O)=O)cc1.CN1OC(=O)CN2N=C(c3ccc(S(C)(=O)=O)cc3)C1(C)C2=O. The van der Waals surface area contributed by atoms with Crippen LogP contribution in [0.3, 0.4) is 0 Å². The minimum absolute atomic E-state index is 0. The van der Waals surface area contributed by atoms with E-state index in [9.17, 15) is 59.2 Å². The Morgan fingerprint density at radius 1 is 0.657 bits per heavy atom. The summed E-state index contributed by atoms with van der Waals surface area (Å²) in [6.45, 7) is 3.39. The summed E-state index contributed by atoms with van der Waals surface area (Å²) in [6, 6.07) is 17.7. The van der Waals surface area contributed by atoms with E-state index in [4.69, 9.17) is 14.8 Å². The quantitative estimate of drug-likeness (QED) is 0.232. The molecular formula is C42H49N9O16S3. The largest absolute Gasteiger partial charge is 0.480 e. The predicted molar refractivity (Wildman–Crippen MR) is 246 cm³/mol. The molecule has 3 aromatic carbocycles. The lowest BCUT2D eigenvalue weighted by atomic mass is 9.90. The molecule has 0 aliphatic carbocycles. The van der Waals surface area contributed by atoms with Crippen molar-refractivity contribution in [3.05, 3.63) is 89.5 Å². The van der Waals surface area contributed by atoms with Gasteiger partial charge in [0.25, 0.3) is 17.7 Å². The fourth-order valence-corrected chi connectivity index (χ4v) is 9.18. The Labute approximate surface area is 402 Å². The van der Waals surface area contributed by atoms with Crippen LogP contribution in [-0.2, 0) is 68.0 Å². The van der Waals surface area contributed by atoms with E-state index in [2.05, 4.69) is 20.8 Å². The molecule has 4 bridgehead atoms. The zero-order valence-electron chi connectivity index (χ0n) is 38.0. The van der Waals surface area contributed by atoms with Gasteiger partial charge in [-0.25, -0.2) is 49.9 Å². The highest BCUT2D eigenvalue weighted by molar-refractivity contribution is 7.91. The third kappa shape index (κ3) is 10.2. The first-order valence-electron chi connectivity index (χ1n) is 20.0. The fourth-order valence-electron chi connectivity index (χ4n) is 7.29. The zero-order valence-corrected chi connectivity index (χ0v) is 40.4. The third-order valence-corrected chi connectivity index (χ3v) is 14.8. The second kappa shape index (κ2) is 19.2. The number of nitrogens with one attached hydrogen (secondary N) is 1. The van der Waals surface area contributed by atoms with E-state index in [0.29, 0.717) is 33.2 Å². The van der Waals surface area contributed by atoms with Crippen LogP contribution in [0, 0.1) is 0 Å². The Balaban J connectivity index is 0.000000194. The van der Waals surface area contributed by atoms with Gasteiger partial charge in [0, 0.05) is 49.6 Å². The van der Waals surface area contributed by atoms with Crippen molar-refractivity contribution in [3.8, 4) is 0 Å². The molecule has 70 heavy (non-hydrogen) atoms. The Kier molecular flexibility index (Phi) is 14.8. The van der Waals surface area contributed by atoms with E-state index in [1.165, 1.54) is 74.6 Å². The number of likely N-dealkylation sites (N-methyl/N-ethyl adjacent to an activating group) is 2. The summed E-state index contributed by atoms with van der Waals surface area (Å²) in [5.74, 6) is -3.89. The second-order valence-electron chi connectivity index (χ2n) is 16.5. The molecule has 8 rings (SSSR count).